The molecule has 0 bridgehead atoms. The highest BCUT2D eigenvalue weighted by Gasteiger charge is 2.26. The molecule has 0 spiro atoms. The normalized spacial score (nSPS) is 12.4. The summed E-state index contributed by atoms with van der Waals surface area (Å²) in [7, 11) is 0. The Morgan fingerprint density at radius 2 is 1.76 bits per heavy atom. The number of benzene rings is 1. The summed E-state index contributed by atoms with van der Waals surface area (Å²) >= 11 is 7.19. The Morgan fingerprint density at radius 1 is 1.17 bits per heavy atom. The van der Waals surface area contributed by atoms with E-state index < -0.39 is 23.5 Å². The quantitative estimate of drug-likeness (QED) is 0.521. The number of ketones is 1. The standard InChI is InChI=1S/C21H25ClN2O4S/c1-11-12(2)29-20(17(11)18(26)13-6-8-14(22)9-7-13)24-19(27)15(23)10-16(25)28-21(3,4)5/h6-9,15H,10,23H2,1-5H3,(H,24,27). The van der Waals surface area contributed by atoms with Crippen molar-refractivity contribution in [3.05, 3.63) is 50.9 Å². The Bertz CT molecular complexity index is 929. The highest BCUT2D eigenvalue weighted by molar-refractivity contribution is 7.16. The van der Waals surface area contributed by atoms with Gasteiger partial charge in [0.05, 0.1) is 18.0 Å². The van der Waals surface area contributed by atoms with Crippen molar-refractivity contribution in [1.29, 1.82) is 0 Å². The van der Waals surface area contributed by atoms with E-state index in [9.17, 15) is 14.4 Å². The van der Waals surface area contributed by atoms with E-state index in [0.717, 1.165) is 10.4 Å². The van der Waals surface area contributed by atoms with Crippen LogP contribution in [0.15, 0.2) is 24.3 Å². The minimum Gasteiger partial charge on any atom is -0.460 e. The summed E-state index contributed by atoms with van der Waals surface area (Å²) in [6.07, 6.45) is -0.257. The van der Waals surface area contributed by atoms with Gasteiger partial charge in [0.2, 0.25) is 5.91 Å². The molecule has 1 amide bonds. The predicted molar refractivity (Wildman–Crippen MR) is 116 cm³/mol. The van der Waals surface area contributed by atoms with Gasteiger partial charge >= 0.3 is 5.97 Å². The van der Waals surface area contributed by atoms with Gasteiger partial charge in [-0.2, -0.15) is 0 Å². The molecular weight excluding hydrogens is 412 g/mol. The van der Waals surface area contributed by atoms with Crippen molar-refractivity contribution in [3.63, 3.8) is 0 Å². The summed E-state index contributed by atoms with van der Waals surface area (Å²) < 4.78 is 5.20. The minimum atomic E-state index is -1.09. The maximum atomic E-state index is 13.0. The molecule has 1 unspecified atom stereocenters. The van der Waals surface area contributed by atoms with E-state index in [1.54, 1.807) is 45.0 Å². The van der Waals surface area contributed by atoms with Gasteiger partial charge in [0.25, 0.3) is 0 Å². The molecule has 0 fully saturated rings. The molecular formula is C21H25ClN2O4S. The average Bonchev–Trinajstić information content (AvgIpc) is 2.87. The Morgan fingerprint density at radius 3 is 2.31 bits per heavy atom. The first-order chi connectivity index (χ1) is 13.4. The summed E-state index contributed by atoms with van der Waals surface area (Å²) in [6.45, 7) is 8.91. The Balaban J connectivity index is 2.20. The van der Waals surface area contributed by atoms with Gasteiger partial charge in [0.15, 0.2) is 5.78 Å². The molecule has 156 valence electrons. The van der Waals surface area contributed by atoms with Gasteiger partial charge < -0.3 is 15.8 Å². The van der Waals surface area contributed by atoms with Crippen LogP contribution in [0.4, 0.5) is 5.00 Å². The third-order valence-corrected chi connectivity index (χ3v) is 5.47. The number of nitrogens with two attached hydrogens (primary N) is 1. The van der Waals surface area contributed by atoms with Crippen molar-refractivity contribution in [1.82, 2.24) is 0 Å². The first-order valence-corrected chi connectivity index (χ1v) is 10.3. The number of thiophene rings is 1. The van der Waals surface area contributed by atoms with Crippen LogP contribution in [0.5, 0.6) is 0 Å². The van der Waals surface area contributed by atoms with E-state index >= 15 is 0 Å². The highest BCUT2D eigenvalue weighted by Crippen LogP contribution is 2.34. The van der Waals surface area contributed by atoms with Crippen LogP contribution in [0, 0.1) is 13.8 Å². The Labute approximate surface area is 179 Å². The van der Waals surface area contributed by atoms with Crippen LogP contribution in [-0.2, 0) is 14.3 Å². The molecule has 0 radical (unpaired) electrons. The minimum absolute atomic E-state index is 0.223. The molecule has 1 heterocycles. The largest absolute Gasteiger partial charge is 0.460 e. The fourth-order valence-electron chi connectivity index (χ4n) is 2.59. The number of halogens is 1. The summed E-state index contributed by atoms with van der Waals surface area (Å²) in [5.74, 6) is -1.34. The zero-order valence-electron chi connectivity index (χ0n) is 17.1. The van der Waals surface area contributed by atoms with Gasteiger partial charge in [0.1, 0.15) is 10.6 Å². The second kappa shape index (κ2) is 9.07. The molecule has 0 saturated carbocycles. The molecule has 1 atom stereocenters. The smallest absolute Gasteiger partial charge is 0.308 e. The van der Waals surface area contributed by atoms with Crippen molar-refractivity contribution in [2.24, 2.45) is 5.73 Å². The predicted octanol–water partition coefficient (Wildman–Crippen LogP) is 4.25. The van der Waals surface area contributed by atoms with Crippen LogP contribution in [0.25, 0.3) is 0 Å². The summed E-state index contributed by atoms with van der Waals surface area (Å²) in [5.41, 5.74) is 6.87. The average molecular weight is 437 g/mol. The molecule has 1 aromatic heterocycles. The molecule has 0 aliphatic rings. The third-order valence-electron chi connectivity index (χ3n) is 4.10. The summed E-state index contributed by atoms with van der Waals surface area (Å²) in [5, 5.41) is 3.64. The second-order valence-corrected chi connectivity index (χ2v) is 9.37. The van der Waals surface area contributed by atoms with Crippen molar-refractivity contribution < 1.29 is 19.1 Å². The fourth-order valence-corrected chi connectivity index (χ4v) is 3.78. The Hall–Kier alpha value is -2.22. The Kier molecular flexibility index (Phi) is 7.21. The van der Waals surface area contributed by atoms with Gasteiger partial charge in [-0.15, -0.1) is 11.3 Å². The molecule has 1 aromatic carbocycles. The number of nitrogens with one attached hydrogen (secondary N) is 1. The van der Waals surface area contributed by atoms with Crippen molar-refractivity contribution in [2.75, 3.05) is 5.32 Å². The van der Waals surface area contributed by atoms with E-state index in [-0.39, 0.29) is 12.2 Å². The van der Waals surface area contributed by atoms with Crippen LogP contribution in [0.1, 0.15) is 53.6 Å². The lowest BCUT2D eigenvalue weighted by atomic mass is 10.0. The number of rotatable bonds is 6. The number of carbonyl (C=O) groups excluding carboxylic acids is 3. The molecule has 29 heavy (non-hydrogen) atoms. The number of esters is 1. The molecule has 6 nitrogen and oxygen atoms in total. The first-order valence-electron chi connectivity index (χ1n) is 9.07. The molecule has 0 aliphatic heterocycles. The maximum Gasteiger partial charge on any atom is 0.308 e. The third kappa shape index (κ3) is 6.13. The fraction of sp³-hybridized carbons (Fsp3) is 0.381. The van der Waals surface area contributed by atoms with Crippen molar-refractivity contribution in [2.45, 2.75) is 52.7 Å². The van der Waals surface area contributed by atoms with Crippen molar-refractivity contribution in [3.8, 4) is 0 Å². The zero-order chi connectivity index (χ0) is 21.9. The van der Waals surface area contributed by atoms with E-state index in [2.05, 4.69) is 5.32 Å². The van der Waals surface area contributed by atoms with Gasteiger partial charge in [-0.1, -0.05) is 11.6 Å². The van der Waals surface area contributed by atoms with Crippen LogP contribution in [0.2, 0.25) is 5.02 Å². The van der Waals surface area contributed by atoms with Crippen molar-refractivity contribution >= 4 is 45.6 Å². The lowest BCUT2D eigenvalue weighted by molar-refractivity contribution is -0.155. The van der Waals surface area contributed by atoms with E-state index in [0.29, 0.717) is 21.2 Å². The molecule has 0 saturated heterocycles. The highest BCUT2D eigenvalue weighted by atomic mass is 35.5. The van der Waals surface area contributed by atoms with Crippen LogP contribution < -0.4 is 11.1 Å². The van der Waals surface area contributed by atoms with E-state index in [1.165, 1.54) is 11.3 Å². The lowest BCUT2D eigenvalue weighted by Crippen LogP contribution is -2.39. The molecule has 0 aliphatic carbocycles. The maximum absolute atomic E-state index is 13.0. The van der Waals surface area contributed by atoms with Crippen LogP contribution >= 0.6 is 22.9 Å². The molecule has 8 heteroatoms. The lowest BCUT2D eigenvalue weighted by Gasteiger charge is -2.20. The monoisotopic (exact) mass is 436 g/mol. The second-order valence-electron chi connectivity index (χ2n) is 7.71. The SMILES string of the molecule is Cc1sc(NC(=O)C(N)CC(=O)OC(C)(C)C)c(C(=O)c2ccc(Cl)cc2)c1C. The topological polar surface area (TPSA) is 98.5 Å². The number of amides is 1. The van der Waals surface area contributed by atoms with Gasteiger partial charge in [-0.05, 0) is 64.4 Å². The number of hydrogen-bond donors (Lipinski definition) is 2. The van der Waals surface area contributed by atoms with Crippen LogP contribution in [0.3, 0.4) is 0 Å². The van der Waals surface area contributed by atoms with E-state index in [1.807, 2.05) is 13.8 Å². The zero-order valence-corrected chi connectivity index (χ0v) is 18.7. The number of aryl methyl sites for hydroxylation is 1. The molecule has 2 aromatic rings. The molecule has 2 rings (SSSR count). The van der Waals surface area contributed by atoms with Gasteiger partial charge in [0, 0.05) is 15.5 Å². The summed E-state index contributed by atoms with van der Waals surface area (Å²) in [6, 6.07) is 5.45. The number of anilines is 1. The number of ether oxygens (including phenoxy) is 1. The number of carbonyl (C=O) groups is 3. The first kappa shape index (κ1) is 23.1. The van der Waals surface area contributed by atoms with E-state index in [4.69, 9.17) is 22.1 Å². The summed E-state index contributed by atoms with van der Waals surface area (Å²) in [4.78, 5) is 38.4. The van der Waals surface area contributed by atoms with Gasteiger partial charge in [-0.25, -0.2) is 0 Å². The number of hydrogen-bond acceptors (Lipinski definition) is 6. The molecule has 3 N–H and O–H groups in total. The van der Waals surface area contributed by atoms with Gasteiger partial charge in [-0.3, -0.25) is 14.4 Å². The van der Waals surface area contributed by atoms with Crippen LogP contribution in [-0.4, -0.2) is 29.3 Å².